The smallest absolute Gasteiger partial charge is 0.172 e. The fraction of sp³-hybridized carbons (Fsp3) is 0.273. The molecule has 2 heterocycles. The molecule has 0 saturated carbocycles. The first-order valence-corrected chi connectivity index (χ1v) is 5.54. The summed E-state index contributed by atoms with van der Waals surface area (Å²) in [7, 11) is 0. The maximum Gasteiger partial charge on any atom is 0.172 e. The summed E-state index contributed by atoms with van der Waals surface area (Å²) in [6.07, 6.45) is 5.33. The first-order valence-electron chi connectivity index (χ1n) is 5.16. The van der Waals surface area contributed by atoms with E-state index in [1.54, 1.807) is 10.9 Å². The molecular weight excluding hydrogens is 224 g/mol. The minimum absolute atomic E-state index is 0.610. The molecule has 4 nitrogen and oxygen atoms in total. The second-order valence-electron chi connectivity index (χ2n) is 3.38. The van der Waals surface area contributed by atoms with Gasteiger partial charge >= 0.3 is 0 Å². The van der Waals surface area contributed by atoms with Crippen LogP contribution in [0, 0.1) is 0 Å². The average molecular weight is 237 g/mol. The van der Waals surface area contributed by atoms with E-state index >= 15 is 0 Å². The molecule has 0 saturated heterocycles. The summed E-state index contributed by atoms with van der Waals surface area (Å²) in [6, 6.07) is 3.75. The SMILES string of the molecule is CCNCc1cnc(-n2cccn2)c(Cl)c1. The number of hydrogen-bond donors (Lipinski definition) is 1. The fourth-order valence-corrected chi connectivity index (χ4v) is 1.67. The molecule has 0 aliphatic heterocycles. The Kier molecular flexibility index (Phi) is 3.54. The highest BCUT2D eigenvalue weighted by Gasteiger charge is 2.05. The Morgan fingerprint density at radius 1 is 1.50 bits per heavy atom. The van der Waals surface area contributed by atoms with Crippen LogP contribution in [0.15, 0.2) is 30.7 Å². The fourth-order valence-electron chi connectivity index (χ4n) is 1.40. The van der Waals surface area contributed by atoms with Gasteiger partial charge in [0, 0.05) is 25.1 Å². The molecule has 0 amide bonds. The summed E-state index contributed by atoms with van der Waals surface area (Å²) >= 11 is 6.15. The van der Waals surface area contributed by atoms with Crippen LogP contribution >= 0.6 is 11.6 Å². The Balaban J connectivity index is 2.23. The van der Waals surface area contributed by atoms with E-state index in [0.717, 1.165) is 18.7 Å². The predicted molar refractivity (Wildman–Crippen MR) is 63.7 cm³/mol. The topological polar surface area (TPSA) is 42.7 Å². The van der Waals surface area contributed by atoms with Crippen molar-refractivity contribution in [2.24, 2.45) is 0 Å². The van der Waals surface area contributed by atoms with Crippen LogP contribution in [-0.2, 0) is 6.54 Å². The minimum Gasteiger partial charge on any atom is -0.313 e. The van der Waals surface area contributed by atoms with Crippen molar-refractivity contribution in [2.45, 2.75) is 13.5 Å². The zero-order valence-corrected chi connectivity index (χ0v) is 9.78. The van der Waals surface area contributed by atoms with Gasteiger partial charge in [0.2, 0.25) is 0 Å². The number of halogens is 1. The third kappa shape index (κ3) is 2.40. The standard InChI is InChI=1S/C11H13ClN4/c1-2-13-7-9-6-10(12)11(14-8-9)16-5-3-4-15-16/h3-6,8,13H,2,7H2,1H3. The van der Waals surface area contributed by atoms with Crippen LogP contribution in [0.1, 0.15) is 12.5 Å². The van der Waals surface area contributed by atoms with Crippen LogP contribution in [-0.4, -0.2) is 21.3 Å². The van der Waals surface area contributed by atoms with E-state index in [2.05, 4.69) is 22.3 Å². The monoisotopic (exact) mass is 236 g/mol. The predicted octanol–water partition coefficient (Wildman–Crippen LogP) is 2.03. The van der Waals surface area contributed by atoms with Gasteiger partial charge in [0.15, 0.2) is 5.82 Å². The molecule has 0 fully saturated rings. The zero-order valence-electron chi connectivity index (χ0n) is 9.02. The zero-order chi connectivity index (χ0) is 11.4. The first kappa shape index (κ1) is 11.1. The molecule has 84 valence electrons. The molecule has 2 rings (SSSR count). The van der Waals surface area contributed by atoms with Crippen molar-refractivity contribution >= 4 is 11.6 Å². The van der Waals surface area contributed by atoms with Crippen LogP contribution in [0.4, 0.5) is 0 Å². The minimum atomic E-state index is 0.610. The maximum absolute atomic E-state index is 6.15. The summed E-state index contributed by atoms with van der Waals surface area (Å²) in [5.74, 6) is 0.659. The maximum atomic E-state index is 6.15. The Labute approximate surface area is 99.3 Å². The van der Waals surface area contributed by atoms with Crippen LogP contribution in [0.2, 0.25) is 5.02 Å². The van der Waals surface area contributed by atoms with Crippen LogP contribution in [0.3, 0.4) is 0 Å². The number of hydrogen-bond acceptors (Lipinski definition) is 3. The van der Waals surface area contributed by atoms with Gasteiger partial charge in [-0.15, -0.1) is 0 Å². The molecule has 0 bridgehead atoms. The molecule has 16 heavy (non-hydrogen) atoms. The first-order chi connectivity index (χ1) is 7.81. The third-order valence-electron chi connectivity index (χ3n) is 2.18. The molecule has 0 radical (unpaired) electrons. The quantitative estimate of drug-likeness (QED) is 0.884. The molecule has 1 N–H and O–H groups in total. The molecular formula is C11H13ClN4. The highest BCUT2D eigenvalue weighted by Crippen LogP contribution is 2.18. The molecule has 2 aromatic heterocycles. The molecule has 5 heteroatoms. The average Bonchev–Trinajstić information content (AvgIpc) is 2.80. The second-order valence-corrected chi connectivity index (χ2v) is 3.79. The van der Waals surface area contributed by atoms with Gasteiger partial charge in [-0.2, -0.15) is 5.10 Å². The normalized spacial score (nSPS) is 10.6. The summed E-state index contributed by atoms with van der Waals surface area (Å²) in [5.41, 5.74) is 1.07. The Bertz CT molecular complexity index is 453. The van der Waals surface area contributed by atoms with Crippen molar-refractivity contribution in [3.05, 3.63) is 41.3 Å². The number of rotatable bonds is 4. The van der Waals surface area contributed by atoms with E-state index in [0.29, 0.717) is 10.8 Å². The van der Waals surface area contributed by atoms with E-state index in [4.69, 9.17) is 11.6 Å². The largest absolute Gasteiger partial charge is 0.313 e. The van der Waals surface area contributed by atoms with E-state index in [9.17, 15) is 0 Å². The number of aromatic nitrogens is 3. The Hall–Kier alpha value is -1.39. The van der Waals surface area contributed by atoms with Gasteiger partial charge in [0.05, 0.1) is 5.02 Å². The molecule has 2 aromatic rings. The van der Waals surface area contributed by atoms with Crippen molar-refractivity contribution in [1.29, 1.82) is 0 Å². The van der Waals surface area contributed by atoms with E-state index in [1.807, 2.05) is 24.5 Å². The van der Waals surface area contributed by atoms with Gasteiger partial charge in [-0.25, -0.2) is 9.67 Å². The Morgan fingerprint density at radius 2 is 2.38 bits per heavy atom. The lowest BCUT2D eigenvalue weighted by atomic mass is 10.3. The van der Waals surface area contributed by atoms with Crippen LogP contribution in [0.5, 0.6) is 0 Å². The van der Waals surface area contributed by atoms with Gasteiger partial charge in [0.1, 0.15) is 0 Å². The van der Waals surface area contributed by atoms with Gasteiger partial charge in [-0.1, -0.05) is 18.5 Å². The number of nitrogens with one attached hydrogen (secondary N) is 1. The summed E-state index contributed by atoms with van der Waals surface area (Å²) < 4.78 is 1.65. The summed E-state index contributed by atoms with van der Waals surface area (Å²) in [4.78, 5) is 4.30. The van der Waals surface area contributed by atoms with Crippen molar-refractivity contribution in [3.8, 4) is 5.82 Å². The molecule has 0 aliphatic rings. The molecule has 0 spiro atoms. The lowest BCUT2D eigenvalue weighted by molar-refractivity contribution is 0.722. The molecule has 0 unspecified atom stereocenters. The third-order valence-corrected chi connectivity index (χ3v) is 2.46. The highest BCUT2D eigenvalue weighted by atomic mass is 35.5. The second kappa shape index (κ2) is 5.09. The Morgan fingerprint density at radius 3 is 3.00 bits per heavy atom. The van der Waals surface area contributed by atoms with E-state index < -0.39 is 0 Å². The van der Waals surface area contributed by atoms with Gasteiger partial charge in [0.25, 0.3) is 0 Å². The van der Waals surface area contributed by atoms with Crippen molar-refractivity contribution < 1.29 is 0 Å². The van der Waals surface area contributed by atoms with Crippen molar-refractivity contribution in [1.82, 2.24) is 20.1 Å². The van der Waals surface area contributed by atoms with Gasteiger partial charge in [-0.3, -0.25) is 0 Å². The number of nitrogens with zero attached hydrogens (tertiary/aromatic N) is 3. The van der Waals surface area contributed by atoms with Gasteiger partial charge < -0.3 is 5.32 Å². The van der Waals surface area contributed by atoms with E-state index in [-0.39, 0.29) is 0 Å². The van der Waals surface area contributed by atoms with Crippen LogP contribution in [0.25, 0.3) is 5.82 Å². The molecule has 0 aromatic carbocycles. The molecule has 0 aliphatic carbocycles. The summed E-state index contributed by atoms with van der Waals surface area (Å²) in [6.45, 7) is 3.77. The lowest BCUT2D eigenvalue weighted by Crippen LogP contribution is -2.12. The summed E-state index contributed by atoms with van der Waals surface area (Å²) in [5, 5.41) is 7.93. The van der Waals surface area contributed by atoms with Crippen molar-refractivity contribution in [2.75, 3.05) is 6.54 Å². The van der Waals surface area contributed by atoms with Crippen LogP contribution < -0.4 is 5.32 Å². The highest BCUT2D eigenvalue weighted by molar-refractivity contribution is 6.32. The van der Waals surface area contributed by atoms with Crippen molar-refractivity contribution in [3.63, 3.8) is 0 Å². The van der Waals surface area contributed by atoms with Gasteiger partial charge in [-0.05, 0) is 24.2 Å². The molecule has 0 atom stereocenters. The lowest BCUT2D eigenvalue weighted by Gasteiger charge is -2.06. The number of pyridine rings is 1. The van der Waals surface area contributed by atoms with E-state index in [1.165, 1.54) is 0 Å².